The molecule has 114 valence electrons. The molecule has 1 saturated heterocycles. The molecule has 6 heteroatoms. The first kappa shape index (κ1) is 16.0. The number of hydrogen-bond donors (Lipinski definition) is 3. The lowest BCUT2D eigenvalue weighted by Gasteiger charge is -2.29. The quantitative estimate of drug-likeness (QED) is 0.776. The number of rotatable bonds is 4. The number of anilines is 1. The fraction of sp³-hybridized carbons (Fsp3) is 0.467. The van der Waals surface area contributed by atoms with E-state index in [9.17, 15) is 14.7 Å². The van der Waals surface area contributed by atoms with Crippen LogP contribution in [-0.2, 0) is 4.79 Å². The molecule has 1 aliphatic heterocycles. The molecule has 0 bridgehead atoms. The van der Waals surface area contributed by atoms with Crippen molar-refractivity contribution in [1.82, 2.24) is 5.32 Å². The van der Waals surface area contributed by atoms with E-state index in [2.05, 4.69) is 33.5 Å². The minimum atomic E-state index is -1.06. The second-order valence-electron chi connectivity index (χ2n) is 5.26. The zero-order chi connectivity index (χ0) is 15.4. The van der Waals surface area contributed by atoms with E-state index in [-0.39, 0.29) is 17.5 Å². The maximum atomic E-state index is 12.4. The van der Waals surface area contributed by atoms with Gasteiger partial charge in [0.2, 0.25) is 5.91 Å². The van der Waals surface area contributed by atoms with Crippen molar-refractivity contribution >= 4 is 33.5 Å². The summed E-state index contributed by atoms with van der Waals surface area (Å²) in [6, 6.07) is 4.56. The van der Waals surface area contributed by atoms with E-state index in [0.717, 1.165) is 25.8 Å². The molecule has 0 aliphatic carbocycles. The Morgan fingerprint density at radius 2 is 2.24 bits per heavy atom. The third-order valence-corrected chi connectivity index (χ3v) is 4.56. The molecule has 1 aliphatic rings. The van der Waals surface area contributed by atoms with Crippen LogP contribution in [0.3, 0.4) is 0 Å². The topological polar surface area (TPSA) is 78.4 Å². The van der Waals surface area contributed by atoms with E-state index in [1.165, 1.54) is 6.07 Å². The highest BCUT2D eigenvalue weighted by Crippen LogP contribution is 2.27. The number of hydrogen-bond acceptors (Lipinski definition) is 3. The van der Waals surface area contributed by atoms with Crippen molar-refractivity contribution < 1.29 is 14.7 Å². The molecular weight excluding hydrogens is 336 g/mol. The van der Waals surface area contributed by atoms with Crippen LogP contribution in [0, 0.1) is 5.92 Å². The molecule has 0 radical (unpaired) electrons. The summed E-state index contributed by atoms with van der Waals surface area (Å²) in [6.45, 7) is 2.94. The Morgan fingerprint density at radius 1 is 1.48 bits per heavy atom. The fourth-order valence-corrected chi connectivity index (χ4v) is 3.07. The number of amides is 1. The van der Waals surface area contributed by atoms with Crippen LogP contribution in [0.4, 0.5) is 5.69 Å². The Morgan fingerprint density at radius 3 is 2.90 bits per heavy atom. The first-order valence-electron chi connectivity index (χ1n) is 7.09. The number of halogens is 1. The van der Waals surface area contributed by atoms with Crippen molar-refractivity contribution in [2.24, 2.45) is 5.92 Å². The van der Waals surface area contributed by atoms with Gasteiger partial charge in [-0.3, -0.25) is 4.79 Å². The molecule has 1 amide bonds. The van der Waals surface area contributed by atoms with E-state index in [1.807, 2.05) is 0 Å². The number of nitrogens with one attached hydrogen (secondary N) is 2. The van der Waals surface area contributed by atoms with Gasteiger partial charge in [0.25, 0.3) is 0 Å². The maximum Gasteiger partial charge on any atom is 0.337 e. The number of piperidine rings is 1. The van der Waals surface area contributed by atoms with Crippen LogP contribution in [0.15, 0.2) is 22.7 Å². The lowest BCUT2D eigenvalue weighted by atomic mass is 9.90. The van der Waals surface area contributed by atoms with Crippen LogP contribution in [0.1, 0.15) is 36.5 Å². The number of carbonyl (C=O) groups excluding carboxylic acids is 1. The summed E-state index contributed by atoms with van der Waals surface area (Å²) in [5.41, 5.74) is 0.399. The van der Waals surface area contributed by atoms with Gasteiger partial charge in [0, 0.05) is 4.47 Å². The lowest BCUT2D eigenvalue weighted by molar-refractivity contribution is -0.119. The molecule has 2 rings (SSSR count). The van der Waals surface area contributed by atoms with Gasteiger partial charge in [-0.2, -0.15) is 0 Å². The van der Waals surface area contributed by atoms with E-state index in [4.69, 9.17) is 0 Å². The van der Waals surface area contributed by atoms with Crippen LogP contribution in [0.2, 0.25) is 0 Å². The number of benzene rings is 1. The van der Waals surface area contributed by atoms with Crippen LogP contribution in [-0.4, -0.2) is 29.6 Å². The minimum Gasteiger partial charge on any atom is -0.478 e. The van der Waals surface area contributed by atoms with Crippen molar-refractivity contribution in [3.8, 4) is 0 Å². The van der Waals surface area contributed by atoms with Crippen molar-refractivity contribution in [3.05, 3.63) is 28.2 Å². The smallest absolute Gasteiger partial charge is 0.337 e. The summed E-state index contributed by atoms with van der Waals surface area (Å²) in [6.07, 6.45) is 2.92. The standard InChI is InChI=1S/C15H19BrN2O3/c1-2-9-6-7-17-12(8-9)14(19)18-13-10(15(20)21)4-3-5-11(13)16/h3-5,9,12,17H,2,6-8H2,1H3,(H,18,19)(H,20,21). The van der Waals surface area contributed by atoms with Gasteiger partial charge in [0.15, 0.2) is 0 Å². The summed E-state index contributed by atoms with van der Waals surface area (Å²) in [4.78, 5) is 23.6. The average Bonchev–Trinajstić information content (AvgIpc) is 2.49. The first-order valence-corrected chi connectivity index (χ1v) is 7.88. The molecule has 1 fully saturated rings. The Balaban J connectivity index is 2.14. The van der Waals surface area contributed by atoms with Crippen LogP contribution in [0.5, 0.6) is 0 Å². The molecule has 1 heterocycles. The number of aromatic carboxylic acids is 1. The van der Waals surface area contributed by atoms with Gasteiger partial charge >= 0.3 is 5.97 Å². The minimum absolute atomic E-state index is 0.0839. The van der Waals surface area contributed by atoms with E-state index >= 15 is 0 Å². The molecule has 3 N–H and O–H groups in total. The van der Waals surface area contributed by atoms with Gasteiger partial charge in [-0.1, -0.05) is 19.4 Å². The van der Waals surface area contributed by atoms with Crippen LogP contribution >= 0.6 is 15.9 Å². The lowest BCUT2D eigenvalue weighted by Crippen LogP contribution is -2.46. The number of carboxylic acids is 1. The van der Waals surface area contributed by atoms with Crippen LogP contribution in [0.25, 0.3) is 0 Å². The first-order chi connectivity index (χ1) is 10.0. The largest absolute Gasteiger partial charge is 0.478 e. The second kappa shape index (κ2) is 7.04. The predicted molar refractivity (Wildman–Crippen MR) is 84.5 cm³/mol. The highest BCUT2D eigenvalue weighted by molar-refractivity contribution is 9.10. The zero-order valence-electron chi connectivity index (χ0n) is 11.9. The van der Waals surface area contributed by atoms with Crippen molar-refractivity contribution in [3.63, 3.8) is 0 Å². The van der Waals surface area contributed by atoms with Gasteiger partial charge in [-0.05, 0) is 53.4 Å². The van der Waals surface area contributed by atoms with E-state index in [1.54, 1.807) is 12.1 Å². The summed E-state index contributed by atoms with van der Waals surface area (Å²) >= 11 is 3.30. The van der Waals surface area contributed by atoms with Crippen molar-refractivity contribution in [2.45, 2.75) is 32.2 Å². The highest BCUT2D eigenvalue weighted by Gasteiger charge is 2.27. The molecule has 0 saturated carbocycles. The Labute approximate surface area is 132 Å². The SMILES string of the molecule is CCC1CCNC(C(=O)Nc2c(Br)cccc2C(=O)O)C1. The maximum absolute atomic E-state index is 12.4. The average molecular weight is 355 g/mol. The Hall–Kier alpha value is -1.40. The van der Waals surface area contributed by atoms with Crippen LogP contribution < -0.4 is 10.6 Å². The Kier molecular flexibility index (Phi) is 5.36. The second-order valence-corrected chi connectivity index (χ2v) is 6.12. The molecule has 0 aromatic heterocycles. The predicted octanol–water partition coefficient (Wildman–Crippen LogP) is 2.86. The van der Waals surface area contributed by atoms with Gasteiger partial charge in [-0.25, -0.2) is 4.79 Å². The molecule has 2 unspecified atom stereocenters. The molecular formula is C15H19BrN2O3. The number of carboxylic acid groups (broad SMARTS) is 1. The molecule has 1 aromatic rings. The van der Waals surface area contributed by atoms with Crippen molar-refractivity contribution in [2.75, 3.05) is 11.9 Å². The molecule has 5 nitrogen and oxygen atoms in total. The van der Waals surface area contributed by atoms with E-state index in [0.29, 0.717) is 16.1 Å². The summed E-state index contributed by atoms with van der Waals surface area (Å²) in [5.74, 6) is -0.697. The van der Waals surface area contributed by atoms with Crippen molar-refractivity contribution in [1.29, 1.82) is 0 Å². The monoisotopic (exact) mass is 354 g/mol. The number of para-hydroxylation sites is 1. The molecule has 21 heavy (non-hydrogen) atoms. The molecule has 0 spiro atoms. The molecule has 1 aromatic carbocycles. The van der Waals surface area contributed by atoms with Gasteiger partial charge in [-0.15, -0.1) is 0 Å². The molecule has 2 atom stereocenters. The zero-order valence-corrected chi connectivity index (χ0v) is 13.4. The summed E-state index contributed by atoms with van der Waals surface area (Å²) in [7, 11) is 0. The fourth-order valence-electron chi connectivity index (χ4n) is 2.61. The third-order valence-electron chi connectivity index (χ3n) is 3.90. The highest BCUT2D eigenvalue weighted by atomic mass is 79.9. The number of carbonyl (C=O) groups is 2. The van der Waals surface area contributed by atoms with Gasteiger partial charge in [0.05, 0.1) is 17.3 Å². The normalized spacial score (nSPS) is 21.8. The van der Waals surface area contributed by atoms with E-state index < -0.39 is 5.97 Å². The third kappa shape index (κ3) is 3.83. The summed E-state index contributed by atoms with van der Waals surface area (Å²) < 4.78 is 0.568. The Bertz CT molecular complexity index is 548. The van der Waals surface area contributed by atoms with Gasteiger partial charge in [0.1, 0.15) is 0 Å². The van der Waals surface area contributed by atoms with Gasteiger partial charge < -0.3 is 15.7 Å². The summed E-state index contributed by atoms with van der Waals surface area (Å²) in [5, 5.41) is 15.1.